The van der Waals surface area contributed by atoms with E-state index < -0.39 is 0 Å². The molecule has 1 N–H and O–H groups in total. The van der Waals surface area contributed by atoms with Crippen LogP contribution in [0.3, 0.4) is 0 Å². The van der Waals surface area contributed by atoms with Crippen LogP contribution in [0.25, 0.3) is 0 Å². The highest BCUT2D eigenvalue weighted by molar-refractivity contribution is 5.58. The third-order valence-corrected chi connectivity index (χ3v) is 4.31. The van der Waals surface area contributed by atoms with Gasteiger partial charge in [0.2, 0.25) is 0 Å². The minimum atomic E-state index is 0.675. The van der Waals surface area contributed by atoms with Gasteiger partial charge in [0.1, 0.15) is 0 Å². The van der Waals surface area contributed by atoms with Gasteiger partial charge >= 0.3 is 0 Å². The molecule has 1 aliphatic heterocycles. The first kappa shape index (κ1) is 11.1. The predicted octanol–water partition coefficient (Wildman–Crippen LogP) is 2.36. The fraction of sp³-hybridized carbons (Fsp3) is 0.600. The molecule has 0 radical (unpaired) electrons. The summed E-state index contributed by atoms with van der Waals surface area (Å²) in [4.78, 5) is 2.57. The SMILES string of the molecule is CNC1CCN(c2cccc3c2CCCC3)C1. The molecular weight excluding hydrogens is 208 g/mol. The fourth-order valence-corrected chi connectivity index (χ4v) is 3.27. The van der Waals surface area contributed by atoms with E-state index in [1.165, 1.54) is 50.9 Å². The molecule has 0 saturated carbocycles. The maximum absolute atomic E-state index is 3.40. The molecule has 2 nitrogen and oxygen atoms in total. The molecule has 1 atom stereocenters. The van der Waals surface area contributed by atoms with Crippen LogP contribution < -0.4 is 10.2 Å². The number of aryl methyl sites for hydroxylation is 1. The Kier molecular flexibility index (Phi) is 3.06. The average Bonchev–Trinajstić information content (AvgIpc) is 2.87. The Labute approximate surface area is 104 Å². The Morgan fingerprint density at radius 1 is 1.24 bits per heavy atom. The Bertz CT molecular complexity index is 400. The molecule has 1 aromatic carbocycles. The molecule has 92 valence electrons. The Balaban J connectivity index is 1.88. The molecule has 1 aromatic rings. The van der Waals surface area contributed by atoms with E-state index in [2.05, 4.69) is 35.5 Å². The second kappa shape index (κ2) is 4.69. The normalized spacial score (nSPS) is 23.8. The molecule has 3 rings (SSSR count). The number of hydrogen-bond acceptors (Lipinski definition) is 2. The van der Waals surface area contributed by atoms with Crippen LogP contribution in [0, 0.1) is 0 Å². The van der Waals surface area contributed by atoms with Gasteiger partial charge < -0.3 is 10.2 Å². The molecule has 0 aromatic heterocycles. The second-order valence-corrected chi connectivity index (χ2v) is 5.34. The molecule has 2 heteroatoms. The highest BCUT2D eigenvalue weighted by Crippen LogP contribution is 2.32. The standard InChI is InChI=1S/C15H22N2/c1-16-13-9-10-17(11-13)15-8-4-6-12-5-2-3-7-14(12)15/h4,6,8,13,16H,2-3,5,7,9-11H2,1H3. The van der Waals surface area contributed by atoms with Crippen molar-refractivity contribution in [2.75, 3.05) is 25.0 Å². The number of anilines is 1. The molecule has 1 fully saturated rings. The Morgan fingerprint density at radius 2 is 2.12 bits per heavy atom. The lowest BCUT2D eigenvalue weighted by Crippen LogP contribution is -2.30. The first-order valence-electron chi connectivity index (χ1n) is 6.91. The summed E-state index contributed by atoms with van der Waals surface area (Å²) in [6.45, 7) is 2.38. The maximum Gasteiger partial charge on any atom is 0.0402 e. The smallest absolute Gasteiger partial charge is 0.0402 e. The molecule has 0 amide bonds. The average molecular weight is 230 g/mol. The summed E-state index contributed by atoms with van der Waals surface area (Å²) in [5, 5.41) is 3.40. The third-order valence-electron chi connectivity index (χ3n) is 4.31. The van der Waals surface area contributed by atoms with Gasteiger partial charge in [0.15, 0.2) is 0 Å². The first-order valence-corrected chi connectivity index (χ1v) is 6.91. The van der Waals surface area contributed by atoms with E-state index in [-0.39, 0.29) is 0 Å². The van der Waals surface area contributed by atoms with Gasteiger partial charge in [-0.15, -0.1) is 0 Å². The summed E-state index contributed by atoms with van der Waals surface area (Å²) < 4.78 is 0. The van der Waals surface area contributed by atoms with E-state index in [1.807, 2.05) is 0 Å². The summed E-state index contributed by atoms with van der Waals surface area (Å²) in [7, 11) is 2.08. The number of likely N-dealkylation sites (N-methyl/N-ethyl adjacent to an activating group) is 1. The summed E-state index contributed by atoms with van der Waals surface area (Å²) in [6, 6.07) is 7.56. The molecular formula is C15H22N2. The van der Waals surface area contributed by atoms with Crippen LogP contribution in [-0.2, 0) is 12.8 Å². The zero-order valence-corrected chi connectivity index (χ0v) is 10.7. The van der Waals surface area contributed by atoms with Crippen molar-refractivity contribution in [1.29, 1.82) is 0 Å². The minimum Gasteiger partial charge on any atom is -0.370 e. The minimum absolute atomic E-state index is 0.675. The van der Waals surface area contributed by atoms with Crippen LogP contribution in [0.15, 0.2) is 18.2 Å². The lowest BCUT2D eigenvalue weighted by atomic mass is 9.90. The number of fused-ring (bicyclic) bond motifs is 1. The van der Waals surface area contributed by atoms with Gasteiger partial charge in [-0.25, -0.2) is 0 Å². The number of benzene rings is 1. The summed E-state index contributed by atoms with van der Waals surface area (Å²) in [5.74, 6) is 0. The van der Waals surface area contributed by atoms with Gasteiger partial charge in [0.25, 0.3) is 0 Å². The van der Waals surface area contributed by atoms with Crippen molar-refractivity contribution < 1.29 is 0 Å². The molecule has 1 unspecified atom stereocenters. The van der Waals surface area contributed by atoms with Crippen molar-refractivity contribution in [3.8, 4) is 0 Å². The zero-order valence-electron chi connectivity index (χ0n) is 10.7. The van der Waals surface area contributed by atoms with E-state index in [9.17, 15) is 0 Å². The lowest BCUT2D eigenvalue weighted by Gasteiger charge is -2.26. The monoisotopic (exact) mass is 230 g/mol. The molecule has 0 spiro atoms. The van der Waals surface area contributed by atoms with E-state index in [4.69, 9.17) is 0 Å². The van der Waals surface area contributed by atoms with Crippen LogP contribution in [-0.4, -0.2) is 26.2 Å². The molecule has 1 heterocycles. The van der Waals surface area contributed by atoms with Crippen LogP contribution >= 0.6 is 0 Å². The van der Waals surface area contributed by atoms with Crippen molar-refractivity contribution >= 4 is 5.69 Å². The lowest BCUT2D eigenvalue weighted by molar-refractivity contribution is 0.616. The Morgan fingerprint density at radius 3 is 2.94 bits per heavy atom. The summed E-state index contributed by atoms with van der Waals surface area (Å²) >= 11 is 0. The quantitative estimate of drug-likeness (QED) is 0.839. The van der Waals surface area contributed by atoms with Crippen LogP contribution in [0.1, 0.15) is 30.4 Å². The number of nitrogens with one attached hydrogen (secondary N) is 1. The van der Waals surface area contributed by atoms with E-state index in [1.54, 1.807) is 11.1 Å². The van der Waals surface area contributed by atoms with Gasteiger partial charge in [0, 0.05) is 24.8 Å². The van der Waals surface area contributed by atoms with E-state index >= 15 is 0 Å². The fourth-order valence-electron chi connectivity index (χ4n) is 3.27. The molecule has 1 aliphatic carbocycles. The summed E-state index contributed by atoms with van der Waals surface area (Å²) in [6.07, 6.45) is 6.59. The van der Waals surface area contributed by atoms with Crippen LogP contribution in [0.4, 0.5) is 5.69 Å². The van der Waals surface area contributed by atoms with Gasteiger partial charge in [-0.3, -0.25) is 0 Å². The Hall–Kier alpha value is -1.02. The molecule has 0 bridgehead atoms. The van der Waals surface area contributed by atoms with Crippen molar-refractivity contribution in [3.63, 3.8) is 0 Å². The maximum atomic E-state index is 3.40. The van der Waals surface area contributed by atoms with Crippen molar-refractivity contribution in [1.82, 2.24) is 5.32 Å². The predicted molar refractivity (Wildman–Crippen MR) is 72.8 cm³/mol. The number of rotatable bonds is 2. The van der Waals surface area contributed by atoms with Crippen molar-refractivity contribution in [2.24, 2.45) is 0 Å². The largest absolute Gasteiger partial charge is 0.370 e. The van der Waals surface area contributed by atoms with E-state index in [0.717, 1.165) is 0 Å². The van der Waals surface area contributed by atoms with Gasteiger partial charge in [-0.2, -0.15) is 0 Å². The van der Waals surface area contributed by atoms with Crippen LogP contribution in [0.5, 0.6) is 0 Å². The van der Waals surface area contributed by atoms with Crippen LogP contribution in [0.2, 0.25) is 0 Å². The topological polar surface area (TPSA) is 15.3 Å². The third kappa shape index (κ3) is 2.06. The molecule has 1 saturated heterocycles. The van der Waals surface area contributed by atoms with Gasteiger partial charge in [-0.1, -0.05) is 12.1 Å². The van der Waals surface area contributed by atoms with Gasteiger partial charge in [-0.05, 0) is 56.3 Å². The molecule has 17 heavy (non-hydrogen) atoms. The molecule has 2 aliphatic rings. The van der Waals surface area contributed by atoms with Crippen molar-refractivity contribution in [2.45, 2.75) is 38.1 Å². The highest BCUT2D eigenvalue weighted by Gasteiger charge is 2.24. The number of nitrogens with zero attached hydrogens (tertiary/aromatic N) is 1. The number of hydrogen-bond donors (Lipinski definition) is 1. The summed E-state index contributed by atoms with van der Waals surface area (Å²) in [5.41, 5.74) is 4.75. The second-order valence-electron chi connectivity index (χ2n) is 5.34. The highest BCUT2D eigenvalue weighted by atomic mass is 15.2. The van der Waals surface area contributed by atoms with Crippen molar-refractivity contribution in [3.05, 3.63) is 29.3 Å². The first-order chi connectivity index (χ1) is 8.38. The zero-order chi connectivity index (χ0) is 11.7. The van der Waals surface area contributed by atoms with E-state index in [0.29, 0.717) is 6.04 Å². The van der Waals surface area contributed by atoms with Gasteiger partial charge in [0.05, 0.1) is 0 Å².